The summed E-state index contributed by atoms with van der Waals surface area (Å²) in [5, 5.41) is 2.66. The van der Waals surface area contributed by atoms with E-state index in [2.05, 4.69) is 5.32 Å². The molecule has 6 nitrogen and oxygen atoms in total. The van der Waals surface area contributed by atoms with E-state index in [-0.39, 0.29) is 43.7 Å². The maximum atomic E-state index is 11.8. The molecule has 1 aromatic rings. The summed E-state index contributed by atoms with van der Waals surface area (Å²) in [5.41, 5.74) is 0.888. The molecule has 24 heavy (non-hydrogen) atoms. The van der Waals surface area contributed by atoms with Crippen molar-refractivity contribution >= 4 is 23.8 Å². The number of nitrogens with zero attached hydrogens (tertiary/aromatic N) is 1. The molecule has 1 fully saturated rings. The Labute approximate surface area is 141 Å². The Bertz CT molecular complexity index is 606. The van der Waals surface area contributed by atoms with Crippen molar-refractivity contribution in [3.05, 3.63) is 35.9 Å². The zero-order chi connectivity index (χ0) is 17.4. The second-order valence-electron chi connectivity index (χ2n) is 5.48. The number of ether oxygens (including phenoxy) is 1. The van der Waals surface area contributed by atoms with E-state index in [1.165, 1.54) is 11.0 Å². The summed E-state index contributed by atoms with van der Waals surface area (Å²) < 4.78 is 5.49. The van der Waals surface area contributed by atoms with Crippen LogP contribution in [0, 0.1) is 0 Å². The van der Waals surface area contributed by atoms with E-state index in [0.29, 0.717) is 6.61 Å². The zero-order valence-corrected chi connectivity index (χ0v) is 13.8. The molecular weight excluding hydrogens is 308 g/mol. The first-order valence-electron chi connectivity index (χ1n) is 8.12. The van der Waals surface area contributed by atoms with E-state index >= 15 is 0 Å². The van der Waals surface area contributed by atoms with Gasteiger partial charge in [0.15, 0.2) is 0 Å². The summed E-state index contributed by atoms with van der Waals surface area (Å²) in [6.07, 6.45) is 4.62. The van der Waals surface area contributed by atoms with E-state index in [1.54, 1.807) is 6.08 Å². The monoisotopic (exact) mass is 330 g/mol. The topological polar surface area (TPSA) is 75.7 Å². The maximum absolute atomic E-state index is 11.8. The van der Waals surface area contributed by atoms with E-state index < -0.39 is 0 Å². The van der Waals surface area contributed by atoms with Gasteiger partial charge in [-0.3, -0.25) is 19.3 Å². The van der Waals surface area contributed by atoms with Gasteiger partial charge in [0.1, 0.15) is 5.75 Å². The highest BCUT2D eigenvalue weighted by Gasteiger charge is 2.27. The van der Waals surface area contributed by atoms with Crippen LogP contribution in [0.3, 0.4) is 0 Å². The summed E-state index contributed by atoms with van der Waals surface area (Å²) in [7, 11) is 0. The smallest absolute Gasteiger partial charge is 0.244 e. The van der Waals surface area contributed by atoms with Crippen molar-refractivity contribution in [2.45, 2.75) is 26.2 Å². The molecule has 6 heteroatoms. The highest BCUT2D eigenvalue weighted by atomic mass is 16.5. The van der Waals surface area contributed by atoms with Crippen LogP contribution in [-0.4, -0.2) is 42.3 Å². The fraction of sp³-hybridized carbons (Fsp3) is 0.389. The predicted molar refractivity (Wildman–Crippen MR) is 90.2 cm³/mol. The van der Waals surface area contributed by atoms with E-state index in [0.717, 1.165) is 17.7 Å². The van der Waals surface area contributed by atoms with Crippen LogP contribution in [0.1, 0.15) is 31.7 Å². The molecule has 0 bridgehead atoms. The molecule has 0 spiro atoms. The van der Waals surface area contributed by atoms with Crippen LogP contribution in [0.4, 0.5) is 0 Å². The SMILES string of the molecule is CCCOc1ccc(/C=C/C(=O)NCCN2C(=O)CCC2=O)cc1. The molecule has 0 atom stereocenters. The molecule has 0 saturated carbocycles. The number of carbonyl (C=O) groups is 3. The number of amides is 3. The first-order chi connectivity index (χ1) is 11.6. The predicted octanol–water partition coefficient (Wildman–Crippen LogP) is 1.75. The Balaban J connectivity index is 1.74. The van der Waals surface area contributed by atoms with Crippen molar-refractivity contribution in [3.8, 4) is 5.75 Å². The number of hydrogen-bond acceptors (Lipinski definition) is 4. The first-order valence-corrected chi connectivity index (χ1v) is 8.12. The number of nitrogens with one attached hydrogen (secondary N) is 1. The largest absolute Gasteiger partial charge is 0.494 e. The molecule has 0 aromatic heterocycles. The number of benzene rings is 1. The Kier molecular flexibility index (Phi) is 6.54. The molecule has 2 rings (SSSR count). The van der Waals surface area contributed by atoms with Crippen molar-refractivity contribution in [2.75, 3.05) is 19.7 Å². The summed E-state index contributed by atoms with van der Waals surface area (Å²) in [6.45, 7) is 3.20. The molecular formula is C18H22N2O4. The molecule has 0 aliphatic carbocycles. The normalized spacial score (nSPS) is 14.5. The average Bonchev–Trinajstić information content (AvgIpc) is 2.91. The lowest BCUT2D eigenvalue weighted by atomic mass is 10.2. The van der Waals surface area contributed by atoms with Crippen LogP contribution < -0.4 is 10.1 Å². The lowest BCUT2D eigenvalue weighted by Crippen LogP contribution is -2.37. The standard InChI is InChI=1S/C18H22N2O4/c1-2-13-24-15-6-3-14(4-7-15)5-8-16(21)19-11-12-20-17(22)9-10-18(20)23/h3-8H,2,9-13H2,1H3,(H,19,21)/b8-5+. The lowest BCUT2D eigenvalue weighted by Gasteiger charge is -2.13. The Morgan fingerprint density at radius 2 is 1.88 bits per heavy atom. The van der Waals surface area contributed by atoms with Crippen LogP contribution in [-0.2, 0) is 14.4 Å². The van der Waals surface area contributed by atoms with Gasteiger partial charge in [0.2, 0.25) is 17.7 Å². The highest BCUT2D eigenvalue weighted by Crippen LogP contribution is 2.13. The molecule has 128 valence electrons. The van der Waals surface area contributed by atoms with Gasteiger partial charge in [0.25, 0.3) is 0 Å². The van der Waals surface area contributed by atoms with E-state index in [9.17, 15) is 14.4 Å². The first kappa shape index (κ1) is 17.7. The third kappa shape index (κ3) is 5.22. The van der Waals surface area contributed by atoms with Gasteiger partial charge in [-0.15, -0.1) is 0 Å². The van der Waals surface area contributed by atoms with Crippen LogP contribution in [0.2, 0.25) is 0 Å². The van der Waals surface area contributed by atoms with Gasteiger partial charge in [0.05, 0.1) is 6.61 Å². The van der Waals surface area contributed by atoms with Crippen molar-refractivity contribution in [3.63, 3.8) is 0 Å². The Morgan fingerprint density at radius 1 is 1.21 bits per heavy atom. The number of carbonyl (C=O) groups excluding carboxylic acids is 3. The third-order valence-electron chi connectivity index (χ3n) is 3.57. The number of likely N-dealkylation sites (tertiary alicyclic amines) is 1. The minimum absolute atomic E-state index is 0.171. The fourth-order valence-electron chi connectivity index (χ4n) is 2.29. The van der Waals surface area contributed by atoms with Crippen LogP contribution in [0.25, 0.3) is 6.08 Å². The molecule has 1 saturated heterocycles. The summed E-state index contributed by atoms with van der Waals surface area (Å²) in [4.78, 5) is 35.8. The van der Waals surface area contributed by atoms with Crippen molar-refractivity contribution in [1.29, 1.82) is 0 Å². The molecule has 1 N–H and O–H groups in total. The Hall–Kier alpha value is -2.63. The van der Waals surface area contributed by atoms with Crippen LogP contribution in [0.5, 0.6) is 5.75 Å². The van der Waals surface area contributed by atoms with Gasteiger partial charge in [-0.05, 0) is 30.2 Å². The second kappa shape index (κ2) is 8.86. The minimum Gasteiger partial charge on any atom is -0.494 e. The van der Waals surface area contributed by atoms with Gasteiger partial charge in [-0.2, -0.15) is 0 Å². The zero-order valence-electron chi connectivity index (χ0n) is 13.8. The van der Waals surface area contributed by atoms with Crippen molar-refractivity contribution in [1.82, 2.24) is 10.2 Å². The molecule has 0 radical (unpaired) electrons. The van der Waals surface area contributed by atoms with E-state index in [1.807, 2.05) is 31.2 Å². The third-order valence-corrected chi connectivity index (χ3v) is 3.57. The van der Waals surface area contributed by atoms with Gasteiger partial charge in [0, 0.05) is 32.0 Å². The van der Waals surface area contributed by atoms with E-state index in [4.69, 9.17) is 4.74 Å². The number of rotatable bonds is 8. The Morgan fingerprint density at radius 3 is 2.50 bits per heavy atom. The molecule has 1 heterocycles. The lowest BCUT2D eigenvalue weighted by molar-refractivity contribution is -0.138. The molecule has 1 aliphatic heterocycles. The summed E-state index contributed by atoms with van der Waals surface area (Å²) in [5.74, 6) is 0.198. The molecule has 0 unspecified atom stereocenters. The van der Waals surface area contributed by atoms with Crippen LogP contribution >= 0.6 is 0 Å². The molecule has 1 aliphatic rings. The van der Waals surface area contributed by atoms with Crippen LogP contribution in [0.15, 0.2) is 30.3 Å². The van der Waals surface area contributed by atoms with Crippen molar-refractivity contribution < 1.29 is 19.1 Å². The second-order valence-corrected chi connectivity index (χ2v) is 5.48. The number of imide groups is 1. The average molecular weight is 330 g/mol. The van der Waals surface area contributed by atoms with Gasteiger partial charge >= 0.3 is 0 Å². The maximum Gasteiger partial charge on any atom is 0.244 e. The highest BCUT2D eigenvalue weighted by molar-refractivity contribution is 6.02. The summed E-state index contributed by atoms with van der Waals surface area (Å²) in [6, 6.07) is 7.46. The fourth-order valence-corrected chi connectivity index (χ4v) is 2.29. The van der Waals surface area contributed by atoms with Gasteiger partial charge in [-0.1, -0.05) is 19.1 Å². The quantitative estimate of drug-likeness (QED) is 0.582. The minimum atomic E-state index is -0.264. The van der Waals surface area contributed by atoms with Gasteiger partial charge in [-0.25, -0.2) is 0 Å². The number of hydrogen-bond donors (Lipinski definition) is 1. The molecule has 3 amide bonds. The summed E-state index contributed by atoms with van der Waals surface area (Å²) >= 11 is 0. The van der Waals surface area contributed by atoms with Crippen molar-refractivity contribution in [2.24, 2.45) is 0 Å². The molecule has 1 aromatic carbocycles. The van der Waals surface area contributed by atoms with Gasteiger partial charge < -0.3 is 10.1 Å².